The van der Waals surface area contributed by atoms with Crippen LogP contribution in [-0.2, 0) is 92.8 Å². The number of carbonyl (C=O) groups excluding carboxylic acids is 10. The number of nitrogens with two attached hydrogens (primary N) is 1. The van der Waals surface area contributed by atoms with Crippen molar-refractivity contribution in [2.24, 2.45) is 23.5 Å². The molecule has 5 rings (SSSR count). The van der Waals surface area contributed by atoms with Crippen LogP contribution < -0.4 is 53.6 Å². The third-order valence-electron chi connectivity index (χ3n) is 17.2. The van der Waals surface area contributed by atoms with Crippen LogP contribution in [0.15, 0.2) is 103 Å². The largest absolute Gasteiger partial charge is 0.508 e. The maximum atomic E-state index is 14.8. The predicted molar refractivity (Wildman–Crippen MR) is 373 cm³/mol. The summed E-state index contributed by atoms with van der Waals surface area (Å²) < 4.78 is 0. The molecule has 0 aliphatic carbocycles. The number of carbonyl (C=O) groups is 14. The lowest BCUT2D eigenvalue weighted by Gasteiger charge is -2.31. The van der Waals surface area contributed by atoms with Crippen molar-refractivity contribution in [1.29, 1.82) is 0 Å². The number of carboxylic acids is 4. The Morgan fingerprint density at radius 3 is 1.26 bits per heavy atom. The highest BCUT2D eigenvalue weighted by molar-refractivity contribution is 6.00. The van der Waals surface area contributed by atoms with Gasteiger partial charge in [-0.1, -0.05) is 115 Å². The van der Waals surface area contributed by atoms with Gasteiger partial charge in [0.25, 0.3) is 0 Å². The van der Waals surface area contributed by atoms with Crippen LogP contribution in [-0.4, -0.2) is 197 Å². The molecule has 0 radical (unpaired) electrons. The van der Waals surface area contributed by atoms with Crippen molar-refractivity contribution in [3.63, 3.8) is 0 Å². The van der Waals surface area contributed by atoms with Gasteiger partial charge in [0.05, 0.1) is 18.9 Å². The molecule has 1 aliphatic rings. The first kappa shape index (κ1) is 83.5. The van der Waals surface area contributed by atoms with Gasteiger partial charge in [-0.05, 0) is 109 Å². The van der Waals surface area contributed by atoms with Crippen LogP contribution in [0.4, 0.5) is 0 Å². The van der Waals surface area contributed by atoms with Gasteiger partial charge in [-0.25, -0.2) is 4.79 Å². The molecular weight excluding hydrogens is 1350 g/mol. The number of benzene rings is 4. The first-order valence-corrected chi connectivity index (χ1v) is 34.2. The summed E-state index contributed by atoms with van der Waals surface area (Å²) >= 11 is 0. The summed E-state index contributed by atoms with van der Waals surface area (Å²) in [6, 6.07) is 7.39. The highest BCUT2D eigenvalue weighted by Gasteiger charge is 2.42. The number of phenolic OH excluding ortho intramolecular Hbond substituents is 3. The number of likely N-dealkylation sites (tertiary alicyclic amines) is 1. The fourth-order valence-electron chi connectivity index (χ4n) is 11.5. The molecule has 12 atom stereocenters. The molecule has 18 N–H and O–H groups in total. The maximum absolute atomic E-state index is 14.8. The lowest BCUT2D eigenvalue weighted by molar-refractivity contribution is -0.144. The van der Waals surface area contributed by atoms with Crippen LogP contribution in [0, 0.1) is 17.8 Å². The normalized spacial score (nSPS) is 15.8. The van der Waals surface area contributed by atoms with Gasteiger partial charge in [0.1, 0.15) is 77.7 Å². The quantitative estimate of drug-likeness (QED) is 0.0292. The van der Waals surface area contributed by atoms with Crippen LogP contribution in [0.1, 0.15) is 122 Å². The van der Waals surface area contributed by atoms with Crippen LogP contribution in [0.5, 0.6) is 17.2 Å². The minimum atomic E-state index is -2.02. The van der Waals surface area contributed by atoms with Crippen molar-refractivity contribution in [3.05, 3.63) is 125 Å². The highest BCUT2D eigenvalue weighted by atomic mass is 16.4. The Balaban J connectivity index is 1.39. The lowest BCUT2D eigenvalue weighted by Crippen LogP contribution is -2.62. The van der Waals surface area contributed by atoms with Crippen molar-refractivity contribution >= 4 is 82.9 Å². The number of hydrogen-bond donors (Lipinski definition) is 17. The van der Waals surface area contributed by atoms with Crippen molar-refractivity contribution in [1.82, 2.24) is 52.8 Å². The molecule has 0 bridgehead atoms. The molecular formula is C72H95N11O21. The summed E-state index contributed by atoms with van der Waals surface area (Å²) in [5.41, 5.74) is 7.86. The zero-order valence-corrected chi connectivity index (χ0v) is 58.7. The first-order chi connectivity index (χ1) is 49.1. The second-order valence-corrected chi connectivity index (χ2v) is 26.7. The van der Waals surface area contributed by atoms with E-state index in [0.29, 0.717) is 22.3 Å². The Bertz CT molecular complexity index is 3650. The first-order valence-electron chi connectivity index (χ1n) is 34.2. The number of rotatable bonds is 41. The topological polar surface area (TPSA) is 518 Å². The molecule has 4 aromatic rings. The van der Waals surface area contributed by atoms with Gasteiger partial charge in [-0.2, -0.15) is 0 Å². The summed E-state index contributed by atoms with van der Waals surface area (Å²) in [5.74, 6) is -17.8. The van der Waals surface area contributed by atoms with E-state index in [0.717, 1.165) is 0 Å². The Morgan fingerprint density at radius 1 is 0.433 bits per heavy atom. The molecule has 0 spiro atoms. The van der Waals surface area contributed by atoms with Crippen LogP contribution in [0.2, 0.25) is 0 Å². The van der Waals surface area contributed by atoms with Crippen molar-refractivity contribution in [2.45, 2.75) is 191 Å². The smallest absolute Gasteiger partial charge is 0.326 e. The molecule has 32 heteroatoms. The minimum Gasteiger partial charge on any atom is -0.508 e. The standard InChI is InChI=1S/C72H95N11O21/c1-7-40(6)61(70(101)79-52(33-42-15-21-45(84)22-16-42)65(96)76-51(32-41-12-9-8-10-13-41)64(95)78-54(37-60(91)92)67(98)81-56(72(103)104)35-44-19-25-47(86)26-20-44)82-68(99)50(31-39(4)5)75-66(97)53(36-59(89)90)77-63(94)49(27-28-58(87)88)74-69(100)57-14-11-29-83(57)71(102)55(34-43-17-23-46(85)24-18-43)80-62(93)48(73)30-38(2)3/h8-10,12-13,15-26,38-40,48-57,61,84-86H,7,11,14,27-37,73H2,1-6H3,(H,74,100)(H,75,97)(H,76,96)(H,77,94)(H,78,95)(H,79,101)(H,80,93)(H,81,98)(H,82,99)(H,87,88)(H,89,90)(H,91,92)(H,103,104)/t40-,48-,49-,50-,51-,52-,53-,54-,55-,56-,57-,61-/m0/s1. The van der Waals surface area contributed by atoms with Crippen LogP contribution in [0.25, 0.3) is 0 Å². The van der Waals surface area contributed by atoms with Gasteiger partial charge in [-0.15, -0.1) is 0 Å². The van der Waals surface area contributed by atoms with Gasteiger partial charge < -0.3 is 94.2 Å². The van der Waals surface area contributed by atoms with E-state index in [-0.39, 0.29) is 87.5 Å². The summed E-state index contributed by atoms with van der Waals surface area (Å²) in [5, 5.41) is 91.9. The third-order valence-corrected chi connectivity index (χ3v) is 17.2. The Labute approximate surface area is 600 Å². The molecule has 1 fully saturated rings. The average Bonchev–Trinajstić information content (AvgIpc) is 1.65. The van der Waals surface area contributed by atoms with Gasteiger partial charge in [-0.3, -0.25) is 62.3 Å². The molecule has 1 saturated heterocycles. The maximum Gasteiger partial charge on any atom is 0.326 e. The summed E-state index contributed by atoms with van der Waals surface area (Å²) in [7, 11) is 0. The molecule has 104 heavy (non-hydrogen) atoms. The van der Waals surface area contributed by atoms with Crippen LogP contribution >= 0.6 is 0 Å². The molecule has 0 aromatic heterocycles. The number of phenols is 3. The Morgan fingerprint density at radius 2 is 0.817 bits per heavy atom. The molecule has 1 heterocycles. The molecule has 1 aliphatic heterocycles. The number of nitrogens with one attached hydrogen (secondary N) is 9. The summed E-state index contributed by atoms with van der Waals surface area (Å²) in [6.45, 7) is 10.3. The minimum absolute atomic E-state index is 0.00710. The van der Waals surface area contributed by atoms with Gasteiger partial charge in [0, 0.05) is 38.6 Å². The predicted octanol–water partition coefficient (Wildman–Crippen LogP) is 0.793. The molecule has 32 nitrogen and oxygen atoms in total. The van der Waals surface area contributed by atoms with Crippen molar-refractivity contribution in [3.8, 4) is 17.2 Å². The second kappa shape index (κ2) is 40.5. The number of nitrogens with zero attached hydrogens (tertiary/aromatic N) is 1. The van der Waals surface area contributed by atoms with Crippen molar-refractivity contribution < 1.29 is 103 Å². The molecule has 0 saturated carbocycles. The second-order valence-electron chi connectivity index (χ2n) is 26.7. The molecule has 564 valence electrons. The van der Waals surface area contributed by atoms with E-state index >= 15 is 0 Å². The van der Waals surface area contributed by atoms with E-state index in [2.05, 4.69) is 47.9 Å². The van der Waals surface area contributed by atoms with Crippen LogP contribution in [0.3, 0.4) is 0 Å². The van der Waals surface area contributed by atoms with E-state index in [1.807, 2.05) is 13.8 Å². The van der Waals surface area contributed by atoms with Gasteiger partial charge >= 0.3 is 23.9 Å². The molecule has 10 amide bonds. The van der Waals surface area contributed by atoms with Crippen molar-refractivity contribution in [2.75, 3.05) is 6.54 Å². The number of amides is 10. The Kier molecular flexibility index (Phi) is 32.5. The fraction of sp³-hybridized carbons (Fsp3) is 0.472. The number of aliphatic carboxylic acids is 4. The number of carboxylic acid groups (broad SMARTS) is 4. The molecule has 0 unspecified atom stereocenters. The average molecular weight is 1450 g/mol. The van der Waals surface area contributed by atoms with E-state index in [1.54, 1.807) is 58.0 Å². The summed E-state index contributed by atoms with van der Waals surface area (Å²) in [4.78, 5) is 194. The third kappa shape index (κ3) is 27.3. The monoisotopic (exact) mass is 1450 g/mol. The summed E-state index contributed by atoms with van der Waals surface area (Å²) in [6.07, 6.45) is -4.00. The van der Waals surface area contributed by atoms with E-state index in [4.69, 9.17) is 5.73 Å². The van der Waals surface area contributed by atoms with Gasteiger partial charge in [0.2, 0.25) is 59.1 Å². The van der Waals surface area contributed by atoms with Gasteiger partial charge in [0.15, 0.2) is 0 Å². The SMILES string of the molecule is CC[C@H](C)[C@H](NC(=O)[C@H](CC(C)C)NC(=O)[C@H](CC(=O)O)NC(=O)[C@H](CCC(=O)O)NC(=O)[C@@H]1CCCN1C(=O)[C@H](Cc1ccc(O)cc1)NC(=O)[C@@H](N)CC(C)C)C(=O)N[C@@H](Cc1ccc(O)cc1)C(=O)N[C@@H](Cc1ccccc1)C(=O)N[C@@H](CC(=O)O)C(=O)N[C@@H](Cc1ccc(O)cc1)C(=O)O. The number of hydrogen-bond acceptors (Lipinski definition) is 18. The van der Waals surface area contributed by atoms with E-state index < -0.39 is 187 Å². The highest BCUT2D eigenvalue weighted by Crippen LogP contribution is 2.23. The lowest BCUT2D eigenvalue weighted by atomic mass is 9.95. The van der Waals surface area contributed by atoms with E-state index in [9.17, 15) is 103 Å². The zero-order chi connectivity index (χ0) is 77.1. The zero-order valence-electron chi connectivity index (χ0n) is 58.7. The Hall–Kier alpha value is -11.2. The molecule has 4 aromatic carbocycles. The number of aromatic hydroxyl groups is 3. The fourth-order valence-corrected chi connectivity index (χ4v) is 11.5. The van der Waals surface area contributed by atoms with E-state index in [1.165, 1.54) is 77.7 Å².